The highest BCUT2D eigenvalue weighted by molar-refractivity contribution is 5.60. The van der Waals surface area contributed by atoms with Crippen LogP contribution in [0.5, 0.6) is 0 Å². The molecule has 0 amide bonds. The van der Waals surface area contributed by atoms with Crippen LogP contribution in [0.4, 0.5) is 11.5 Å². The van der Waals surface area contributed by atoms with Gasteiger partial charge in [0, 0.05) is 13.1 Å². The number of anilines is 2. The van der Waals surface area contributed by atoms with Crippen molar-refractivity contribution in [1.82, 2.24) is 9.55 Å². The van der Waals surface area contributed by atoms with E-state index >= 15 is 0 Å². The van der Waals surface area contributed by atoms with E-state index in [4.69, 9.17) is 10.8 Å². The standard InChI is InChI=1S/C10H18N4O4/c1-2-3-14-8(11)7(9(17)13-10(14)18)12-4-6(16)5-15/h6,12,15-16H,2-5,11H2,1H3,(H,13,17,18). The monoisotopic (exact) mass is 258 g/mol. The molecule has 1 atom stereocenters. The van der Waals surface area contributed by atoms with Gasteiger partial charge >= 0.3 is 5.69 Å². The van der Waals surface area contributed by atoms with Crippen molar-refractivity contribution in [3.8, 4) is 0 Å². The first-order valence-corrected chi connectivity index (χ1v) is 5.66. The first-order chi connectivity index (χ1) is 8.51. The van der Waals surface area contributed by atoms with E-state index in [2.05, 4.69) is 10.3 Å². The lowest BCUT2D eigenvalue weighted by molar-refractivity contribution is 0.105. The Balaban J connectivity index is 3.07. The normalized spacial score (nSPS) is 12.4. The number of aliphatic hydroxyl groups is 2. The van der Waals surface area contributed by atoms with Crippen LogP contribution in [0.3, 0.4) is 0 Å². The minimum Gasteiger partial charge on any atom is -0.394 e. The van der Waals surface area contributed by atoms with Gasteiger partial charge in [-0.2, -0.15) is 0 Å². The van der Waals surface area contributed by atoms with E-state index < -0.39 is 24.0 Å². The molecule has 1 unspecified atom stereocenters. The zero-order valence-corrected chi connectivity index (χ0v) is 10.1. The van der Waals surface area contributed by atoms with Crippen LogP contribution in [0.15, 0.2) is 9.59 Å². The van der Waals surface area contributed by atoms with Crippen LogP contribution >= 0.6 is 0 Å². The molecule has 1 aromatic heterocycles. The van der Waals surface area contributed by atoms with Gasteiger partial charge in [0.15, 0.2) is 0 Å². The van der Waals surface area contributed by atoms with Gasteiger partial charge in [0.1, 0.15) is 11.5 Å². The van der Waals surface area contributed by atoms with E-state index in [9.17, 15) is 14.7 Å². The number of rotatable bonds is 6. The summed E-state index contributed by atoms with van der Waals surface area (Å²) in [6.07, 6.45) is -0.315. The van der Waals surface area contributed by atoms with Crippen molar-refractivity contribution in [1.29, 1.82) is 0 Å². The fourth-order valence-electron chi connectivity index (χ4n) is 1.49. The molecular formula is C10H18N4O4. The number of hydrogen-bond donors (Lipinski definition) is 5. The second-order valence-corrected chi connectivity index (χ2v) is 3.89. The fraction of sp³-hybridized carbons (Fsp3) is 0.600. The van der Waals surface area contributed by atoms with Crippen molar-refractivity contribution < 1.29 is 10.2 Å². The maximum absolute atomic E-state index is 11.6. The van der Waals surface area contributed by atoms with E-state index in [1.165, 1.54) is 4.57 Å². The largest absolute Gasteiger partial charge is 0.394 e. The van der Waals surface area contributed by atoms with Gasteiger partial charge in [-0.05, 0) is 6.42 Å². The van der Waals surface area contributed by atoms with Crippen molar-refractivity contribution >= 4 is 11.5 Å². The van der Waals surface area contributed by atoms with E-state index in [0.29, 0.717) is 13.0 Å². The van der Waals surface area contributed by atoms with Crippen LogP contribution < -0.4 is 22.3 Å². The highest BCUT2D eigenvalue weighted by Gasteiger charge is 2.12. The molecule has 0 aliphatic rings. The van der Waals surface area contributed by atoms with Crippen molar-refractivity contribution in [2.45, 2.75) is 26.0 Å². The molecule has 1 rings (SSSR count). The third-order valence-corrected chi connectivity index (χ3v) is 2.41. The fourth-order valence-corrected chi connectivity index (χ4v) is 1.49. The minimum absolute atomic E-state index is 0.0237. The van der Waals surface area contributed by atoms with Crippen molar-refractivity contribution in [2.75, 3.05) is 24.2 Å². The Bertz CT molecular complexity index is 508. The van der Waals surface area contributed by atoms with Crippen molar-refractivity contribution in [3.05, 3.63) is 20.8 Å². The smallest absolute Gasteiger partial charge is 0.330 e. The van der Waals surface area contributed by atoms with Crippen molar-refractivity contribution in [2.24, 2.45) is 0 Å². The molecule has 0 radical (unpaired) electrons. The molecule has 0 spiro atoms. The molecule has 0 aliphatic carbocycles. The van der Waals surface area contributed by atoms with Gasteiger partial charge in [-0.15, -0.1) is 0 Å². The highest BCUT2D eigenvalue weighted by atomic mass is 16.3. The van der Waals surface area contributed by atoms with E-state index in [1.807, 2.05) is 6.92 Å². The summed E-state index contributed by atoms with van der Waals surface area (Å²) in [5.74, 6) is 0.0238. The van der Waals surface area contributed by atoms with Crippen LogP contribution in [-0.4, -0.2) is 39.0 Å². The first-order valence-electron chi connectivity index (χ1n) is 5.66. The molecule has 0 fully saturated rings. The predicted octanol–water partition coefficient (Wildman–Crippen LogP) is -1.71. The molecule has 1 heterocycles. The maximum atomic E-state index is 11.6. The lowest BCUT2D eigenvalue weighted by Gasteiger charge is -2.14. The summed E-state index contributed by atoms with van der Waals surface area (Å²) in [5.41, 5.74) is 4.55. The Kier molecular flexibility index (Phi) is 4.93. The molecule has 8 heteroatoms. The summed E-state index contributed by atoms with van der Waals surface area (Å²) in [6, 6.07) is 0. The molecular weight excluding hydrogens is 240 g/mol. The first kappa shape index (κ1) is 14.3. The summed E-state index contributed by atoms with van der Waals surface area (Å²) < 4.78 is 1.25. The number of H-pyrrole nitrogens is 1. The Morgan fingerprint density at radius 2 is 2.17 bits per heavy atom. The number of aliphatic hydroxyl groups excluding tert-OH is 2. The highest BCUT2D eigenvalue weighted by Crippen LogP contribution is 2.10. The number of nitrogen functional groups attached to an aromatic ring is 1. The number of aromatic nitrogens is 2. The quantitative estimate of drug-likeness (QED) is 0.413. The minimum atomic E-state index is -1.00. The Hall–Kier alpha value is -1.80. The van der Waals surface area contributed by atoms with Gasteiger partial charge in [0.05, 0.1) is 12.7 Å². The van der Waals surface area contributed by atoms with E-state index in [-0.39, 0.29) is 18.1 Å². The second-order valence-electron chi connectivity index (χ2n) is 3.89. The van der Waals surface area contributed by atoms with Crippen LogP contribution in [0, 0.1) is 0 Å². The van der Waals surface area contributed by atoms with Crippen LogP contribution in [-0.2, 0) is 6.54 Å². The third-order valence-electron chi connectivity index (χ3n) is 2.41. The Morgan fingerprint density at radius 1 is 1.50 bits per heavy atom. The number of hydrogen-bond acceptors (Lipinski definition) is 6. The van der Waals surface area contributed by atoms with Crippen LogP contribution in [0.25, 0.3) is 0 Å². The molecule has 0 bridgehead atoms. The topological polar surface area (TPSA) is 133 Å². The molecule has 8 nitrogen and oxygen atoms in total. The molecule has 0 saturated carbocycles. The zero-order valence-electron chi connectivity index (χ0n) is 10.1. The summed E-state index contributed by atoms with van der Waals surface area (Å²) >= 11 is 0. The van der Waals surface area contributed by atoms with Gasteiger partial charge < -0.3 is 21.3 Å². The Morgan fingerprint density at radius 3 is 2.72 bits per heavy atom. The summed E-state index contributed by atoms with van der Waals surface area (Å²) in [4.78, 5) is 25.2. The van der Waals surface area contributed by atoms with Gasteiger partial charge in [-0.1, -0.05) is 6.92 Å². The van der Waals surface area contributed by atoms with Gasteiger partial charge in [-0.3, -0.25) is 14.3 Å². The van der Waals surface area contributed by atoms with Crippen LogP contribution in [0.2, 0.25) is 0 Å². The van der Waals surface area contributed by atoms with Gasteiger partial charge in [-0.25, -0.2) is 4.79 Å². The number of nitrogens with one attached hydrogen (secondary N) is 2. The third kappa shape index (κ3) is 3.11. The maximum Gasteiger partial charge on any atom is 0.330 e. The summed E-state index contributed by atoms with van der Waals surface area (Å²) in [5, 5.41) is 20.5. The molecule has 0 saturated heterocycles. The SMILES string of the molecule is CCCn1c(N)c(NCC(O)CO)c(=O)[nH]c1=O. The molecule has 102 valence electrons. The van der Waals surface area contributed by atoms with Gasteiger partial charge in [0.2, 0.25) is 0 Å². The molecule has 18 heavy (non-hydrogen) atoms. The van der Waals surface area contributed by atoms with Gasteiger partial charge in [0.25, 0.3) is 5.56 Å². The molecule has 1 aromatic rings. The summed E-state index contributed by atoms with van der Waals surface area (Å²) in [7, 11) is 0. The average molecular weight is 258 g/mol. The summed E-state index contributed by atoms with van der Waals surface area (Å²) in [6.45, 7) is 1.80. The zero-order chi connectivity index (χ0) is 13.7. The lowest BCUT2D eigenvalue weighted by atomic mass is 10.3. The predicted molar refractivity (Wildman–Crippen MR) is 67.6 cm³/mol. The lowest BCUT2D eigenvalue weighted by Crippen LogP contribution is -2.35. The number of nitrogens with two attached hydrogens (primary N) is 1. The number of aromatic amines is 1. The average Bonchev–Trinajstić information content (AvgIpc) is 2.33. The van der Waals surface area contributed by atoms with E-state index in [0.717, 1.165) is 0 Å². The van der Waals surface area contributed by atoms with Crippen LogP contribution in [0.1, 0.15) is 13.3 Å². The Labute approximate surface area is 103 Å². The van der Waals surface area contributed by atoms with Crippen molar-refractivity contribution in [3.63, 3.8) is 0 Å². The number of nitrogens with zero attached hydrogens (tertiary/aromatic N) is 1. The molecule has 0 aromatic carbocycles. The molecule has 6 N–H and O–H groups in total. The molecule has 0 aliphatic heterocycles. The second kappa shape index (κ2) is 6.22. The van der Waals surface area contributed by atoms with E-state index in [1.54, 1.807) is 0 Å².